The van der Waals surface area contributed by atoms with Crippen molar-refractivity contribution in [2.45, 2.75) is 18.9 Å². The Morgan fingerprint density at radius 3 is 2.92 bits per heavy atom. The summed E-state index contributed by atoms with van der Waals surface area (Å²) in [7, 11) is 1.97. The smallest absolute Gasteiger partial charge is 0.254 e. The number of likely N-dealkylation sites (tertiary alicyclic amines) is 1. The molecule has 1 amide bonds. The minimum Gasteiger partial charge on any atom is -0.339 e. The van der Waals surface area contributed by atoms with Crippen molar-refractivity contribution < 1.29 is 4.79 Å². The Bertz CT molecular complexity index is 907. The maximum atomic E-state index is 13.1. The van der Waals surface area contributed by atoms with Gasteiger partial charge in [0, 0.05) is 49.6 Å². The summed E-state index contributed by atoms with van der Waals surface area (Å²) in [5.41, 5.74) is 1.46. The van der Waals surface area contributed by atoms with E-state index in [1.165, 1.54) is 0 Å². The molecule has 1 atom stereocenters. The zero-order chi connectivity index (χ0) is 17.9. The summed E-state index contributed by atoms with van der Waals surface area (Å²) < 4.78 is 1.99. The Balaban J connectivity index is 1.56. The van der Waals surface area contributed by atoms with Gasteiger partial charge >= 0.3 is 0 Å². The second kappa shape index (κ2) is 6.95. The number of anilines is 2. The largest absolute Gasteiger partial charge is 0.339 e. The van der Waals surface area contributed by atoms with Crippen molar-refractivity contribution >= 4 is 17.4 Å². The van der Waals surface area contributed by atoms with Crippen molar-refractivity contribution in [1.82, 2.24) is 24.4 Å². The van der Waals surface area contributed by atoms with Gasteiger partial charge in [0.1, 0.15) is 11.6 Å². The maximum Gasteiger partial charge on any atom is 0.254 e. The van der Waals surface area contributed by atoms with E-state index in [1.807, 2.05) is 47.0 Å². The summed E-state index contributed by atoms with van der Waals surface area (Å²) in [6.45, 7) is 0.748. The van der Waals surface area contributed by atoms with E-state index in [2.05, 4.69) is 20.3 Å². The number of benzene rings is 1. The number of aromatic nitrogens is 4. The summed E-state index contributed by atoms with van der Waals surface area (Å²) in [6.07, 6.45) is 10.5. The van der Waals surface area contributed by atoms with Gasteiger partial charge in [-0.1, -0.05) is 6.07 Å². The van der Waals surface area contributed by atoms with Gasteiger partial charge in [0.2, 0.25) is 0 Å². The summed E-state index contributed by atoms with van der Waals surface area (Å²) in [4.78, 5) is 27.7. The van der Waals surface area contributed by atoms with Gasteiger partial charge in [0.05, 0.1) is 12.2 Å². The van der Waals surface area contributed by atoms with Crippen LogP contribution in [0, 0.1) is 0 Å². The van der Waals surface area contributed by atoms with Gasteiger partial charge in [0.25, 0.3) is 5.91 Å². The number of hydrogen-bond acceptors (Lipinski definition) is 5. The number of aryl methyl sites for hydroxylation is 1. The summed E-state index contributed by atoms with van der Waals surface area (Å²) in [6, 6.07) is 7.51. The molecule has 2 aromatic heterocycles. The minimum absolute atomic E-state index is 0.0262. The number of nitrogens with zero attached hydrogens (tertiary/aromatic N) is 5. The van der Waals surface area contributed by atoms with Crippen molar-refractivity contribution in [2.24, 2.45) is 7.05 Å². The van der Waals surface area contributed by atoms with E-state index < -0.39 is 0 Å². The lowest BCUT2D eigenvalue weighted by Crippen LogP contribution is -2.31. The minimum atomic E-state index is 0.0262. The highest BCUT2D eigenvalue weighted by molar-refractivity contribution is 5.95. The molecule has 0 bridgehead atoms. The fourth-order valence-electron chi connectivity index (χ4n) is 3.38. The Kier molecular flexibility index (Phi) is 4.35. The third-order valence-corrected chi connectivity index (χ3v) is 4.62. The number of imidazole rings is 1. The van der Waals surface area contributed by atoms with E-state index in [9.17, 15) is 4.79 Å². The van der Waals surface area contributed by atoms with E-state index in [0.717, 1.165) is 30.9 Å². The van der Waals surface area contributed by atoms with Crippen molar-refractivity contribution in [2.75, 3.05) is 11.9 Å². The van der Waals surface area contributed by atoms with Crippen LogP contribution in [-0.4, -0.2) is 36.9 Å². The molecule has 1 aliphatic heterocycles. The quantitative estimate of drug-likeness (QED) is 0.784. The monoisotopic (exact) mass is 348 g/mol. The van der Waals surface area contributed by atoms with Crippen molar-refractivity contribution in [1.29, 1.82) is 0 Å². The fraction of sp³-hybridized carbons (Fsp3) is 0.263. The predicted molar refractivity (Wildman–Crippen MR) is 98.0 cm³/mol. The van der Waals surface area contributed by atoms with E-state index in [4.69, 9.17) is 0 Å². The molecule has 0 spiro atoms. The predicted octanol–water partition coefficient (Wildman–Crippen LogP) is 2.93. The molecule has 0 aliphatic carbocycles. The first-order chi connectivity index (χ1) is 12.7. The van der Waals surface area contributed by atoms with Crippen molar-refractivity contribution in [3.05, 3.63) is 66.6 Å². The highest BCUT2D eigenvalue weighted by atomic mass is 16.2. The van der Waals surface area contributed by atoms with Gasteiger partial charge < -0.3 is 14.8 Å². The number of hydrogen-bond donors (Lipinski definition) is 1. The number of carbonyl (C=O) groups is 1. The van der Waals surface area contributed by atoms with Gasteiger partial charge in [-0.15, -0.1) is 0 Å². The molecule has 1 N–H and O–H groups in total. The highest BCUT2D eigenvalue weighted by Gasteiger charge is 2.32. The van der Waals surface area contributed by atoms with Crippen LogP contribution in [0.5, 0.6) is 0 Å². The zero-order valence-corrected chi connectivity index (χ0v) is 14.5. The number of amides is 1. The first-order valence-electron chi connectivity index (χ1n) is 8.63. The zero-order valence-electron chi connectivity index (χ0n) is 14.5. The Labute approximate surface area is 151 Å². The van der Waals surface area contributed by atoms with E-state index in [1.54, 1.807) is 24.8 Å². The van der Waals surface area contributed by atoms with E-state index in [0.29, 0.717) is 11.4 Å². The molecular weight excluding hydrogens is 328 g/mol. The molecule has 4 rings (SSSR count). The molecule has 3 aromatic rings. The molecule has 1 saturated heterocycles. The van der Waals surface area contributed by atoms with Crippen LogP contribution in [0.3, 0.4) is 0 Å². The van der Waals surface area contributed by atoms with Crippen LogP contribution in [-0.2, 0) is 7.05 Å². The topological polar surface area (TPSA) is 75.9 Å². The molecule has 1 aromatic carbocycles. The summed E-state index contributed by atoms with van der Waals surface area (Å²) in [5.74, 6) is 1.60. The Morgan fingerprint density at radius 1 is 1.23 bits per heavy atom. The van der Waals surface area contributed by atoms with Crippen LogP contribution in [0.2, 0.25) is 0 Å². The SMILES string of the molecule is Cn1ccnc1C1CCCN1C(=O)c1cccc(Nc2cnccn2)c1. The third-order valence-electron chi connectivity index (χ3n) is 4.62. The molecular formula is C19H20N6O. The second-order valence-corrected chi connectivity index (χ2v) is 6.35. The Morgan fingerprint density at radius 2 is 2.15 bits per heavy atom. The standard InChI is InChI=1S/C19H20N6O/c1-24-11-9-22-18(24)16-6-3-10-25(16)19(26)14-4-2-5-15(12-14)23-17-13-20-7-8-21-17/h2,4-5,7-9,11-13,16H,3,6,10H2,1H3,(H,21,23). The van der Waals surface area contributed by atoms with Crippen LogP contribution in [0.25, 0.3) is 0 Å². The lowest BCUT2D eigenvalue weighted by atomic mass is 10.1. The molecule has 7 nitrogen and oxygen atoms in total. The van der Waals surface area contributed by atoms with Gasteiger partial charge in [-0.2, -0.15) is 0 Å². The number of carbonyl (C=O) groups excluding carboxylic acids is 1. The average molecular weight is 348 g/mol. The molecule has 26 heavy (non-hydrogen) atoms. The van der Waals surface area contributed by atoms with Crippen molar-refractivity contribution in [3.8, 4) is 0 Å². The lowest BCUT2D eigenvalue weighted by Gasteiger charge is -2.24. The van der Waals surface area contributed by atoms with Crippen LogP contribution >= 0.6 is 0 Å². The van der Waals surface area contributed by atoms with Crippen LogP contribution in [0.15, 0.2) is 55.2 Å². The van der Waals surface area contributed by atoms with Gasteiger partial charge in [-0.05, 0) is 31.0 Å². The number of nitrogens with one attached hydrogen (secondary N) is 1. The van der Waals surface area contributed by atoms with Crippen LogP contribution < -0.4 is 5.32 Å². The molecule has 1 aliphatic rings. The second-order valence-electron chi connectivity index (χ2n) is 6.35. The molecule has 0 saturated carbocycles. The summed E-state index contributed by atoms with van der Waals surface area (Å²) >= 11 is 0. The maximum absolute atomic E-state index is 13.1. The van der Waals surface area contributed by atoms with E-state index >= 15 is 0 Å². The molecule has 3 heterocycles. The first kappa shape index (κ1) is 16.3. The van der Waals surface area contributed by atoms with Crippen LogP contribution in [0.4, 0.5) is 11.5 Å². The molecule has 1 unspecified atom stereocenters. The van der Waals surface area contributed by atoms with Crippen molar-refractivity contribution in [3.63, 3.8) is 0 Å². The Hall–Kier alpha value is -3.22. The summed E-state index contributed by atoms with van der Waals surface area (Å²) in [5, 5.41) is 3.18. The normalized spacial score (nSPS) is 16.7. The highest BCUT2D eigenvalue weighted by Crippen LogP contribution is 2.32. The fourth-order valence-corrected chi connectivity index (χ4v) is 3.38. The van der Waals surface area contributed by atoms with Crippen LogP contribution in [0.1, 0.15) is 35.1 Å². The third kappa shape index (κ3) is 3.15. The molecule has 0 radical (unpaired) electrons. The number of rotatable bonds is 4. The lowest BCUT2D eigenvalue weighted by molar-refractivity contribution is 0.0728. The van der Waals surface area contributed by atoms with Gasteiger partial charge in [0.15, 0.2) is 0 Å². The molecule has 1 fully saturated rings. The first-order valence-corrected chi connectivity index (χ1v) is 8.63. The van der Waals surface area contributed by atoms with Gasteiger partial charge in [-0.25, -0.2) is 9.97 Å². The average Bonchev–Trinajstić information content (AvgIpc) is 3.30. The molecule has 132 valence electrons. The molecule has 7 heteroatoms. The van der Waals surface area contributed by atoms with E-state index in [-0.39, 0.29) is 11.9 Å². The van der Waals surface area contributed by atoms with Gasteiger partial charge in [-0.3, -0.25) is 9.78 Å².